The summed E-state index contributed by atoms with van der Waals surface area (Å²) in [5.41, 5.74) is 0. The van der Waals surface area contributed by atoms with Crippen molar-refractivity contribution in [3.05, 3.63) is 8.02 Å². The molecule has 0 atom stereocenters. The molecule has 9 heavy (non-hydrogen) atoms. The van der Waals surface area contributed by atoms with E-state index in [2.05, 4.69) is 46.6 Å². The Balaban J connectivity index is 2.85. The van der Waals surface area contributed by atoms with Crippen molar-refractivity contribution in [3.8, 4) is 0 Å². The molecule has 0 bridgehead atoms. The predicted molar refractivity (Wildman–Crippen MR) is 46.7 cm³/mol. The number of hydrogen-bond donors (Lipinski definition) is 0. The van der Waals surface area contributed by atoms with Gasteiger partial charge >= 0.3 is 0 Å². The molecule has 4 heteroatoms. The molecule has 0 N–H and O–H groups in total. The van der Waals surface area contributed by atoms with Crippen molar-refractivity contribution in [2.24, 2.45) is 0 Å². The third-order valence-corrected chi connectivity index (χ3v) is 2.80. The first-order chi connectivity index (χ1) is 4.20. The summed E-state index contributed by atoms with van der Waals surface area (Å²) in [6.45, 7) is 4.24. The van der Waals surface area contributed by atoms with Crippen molar-refractivity contribution < 1.29 is 0 Å². The molecule has 1 heterocycles. The average molecular weight is 254 g/mol. The molecule has 1 aromatic heterocycles. The maximum atomic E-state index is 3.98. The first-order valence-electron chi connectivity index (χ1n) is 2.69. The molecule has 0 radical (unpaired) electrons. The molecule has 1 aromatic rings. The number of nitrogens with zero attached hydrogens (tertiary/aromatic N) is 2. The van der Waals surface area contributed by atoms with Crippen LogP contribution in [-0.4, -0.2) is 10.2 Å². The molecule has 0 saturated carbocycles. The topological polar surface area (TPSA) is 25.8 Å². The van der Waals surface area contributed by atoms with E-state index in [1.807, 2.05) is 0 Å². The van der Waals surface area contributed by atoms with Crippen LogP contribution in [0.25, 0.3) is 0 Å². The Morgan fingerprint density at radius 2 is 2.11 bits per heavy atom. The second-order valence-electron chi connectivity index (χ2n) is 2.05. The van der Waals surface area contributed by atoms with Gasteiger partial charge in [-0.15, -0.1) is 10.2 Å². The lowest BCUT2D eigenvalue weighted by Gasteiger charge is -1.92. The van der Waals surface area contributed by atoms with Crippen LogP contribution in [0.4, 0.5) is 0 Å². The highest BCUT2D eigenvalue weighted by Crippen LogP contribution is 2.19. The normalized spacial score (nSPS) is 10.7. The van der Waals surface area contributed by atoms with Crippen LogP contribution in [0.1, 0.15) is 24.8 Å². The summed E-state index contributed by atoms with van der Waals surface area (Å²) < 4.78 is 1.02. The SMILES string of the molecule is CC(C)c1nnc(I)s1. The molecule has 50 valence electrons. The van der Waals surface area contributed by atoms with Gasteiger partial charge in [0.15, 0.2) is 3.01 Å². The number of rotatable bonds is 1. The van der Waals surface area contributed by atoms with Gasteiger partial charge in [-0.1, -0.05) is 25.2 Å². The van der Waals surface area contributed by atoms with E-state index in [9.17, 15) is 0 Å². The molecule has 0 aliphatic heterocycles. The van der Waals surface area contributed by atoms with E-state index in [0.29, 0.717) is 5.92 Å². The lowest BCUT2D eigenvalue weighted by Crippen LogP contribution is -1.83. The Kier molecular flexibility index (Phi) is 2.40. The van der Waals surface area contributed by atoms with E-state index >= 15 is 0 Å². The fraction of sp³-hybridized carbons (Fsp3) is 0.600. The molecule has 0 aliphatic carbocycles. The van der Waals surface area contributed by atoms with Gasteiger partial charge in [-0.05, 0) is 22.6 Å². The molecule has 0 amide bonds. The first-order valence-corrected chi connectivity index (χ1v) is 4.58. The molecule has 0 aliphatic rings. The summed E-state index contributed by atoms with van der Waals surface area (Å²) in [4.78, 5) is 0. The highest BCUT2D eigenvalue weighted by molar-refractivity contribution is 14.1. The third kappa shape index (κ3) is 1.86. The summed E-state index contributed by atoms with van der Waals surface area (Å²) in [6, 6.07) is 0. The zero-order chi connectivity index (χ0) is 6.85. The molecular weight excluding hydrogens is 247 g/mol. The highest BCUT2D eigenvalue weighted by Gasteiger charge is 2.03. The van der Waals surface area contributed by atoms with Crippen molar-refractivity contribution >= 4 is 33.9 Å². The standard InChI is InChI=1S/C5H7IN2S/c1-3(2)4-7-8-5(6)9-4/h3H,1-2H3. The second-order valence-corrected chi connectivity index (χ2v) is 4.81. The second kappa shape index (κ2) is 2.92. The lowest BCUT2D eigenvalue weighted by atomic mass is 10.2. The van der Waals surface area contributed by atoms with Gasteiger partial charge in [0.05, 0.1) is 0 Å². The maximum absolute atomic E-state index is 3.98. The van der Waals surface area contributed by atoms with Crippen molar-refractivity contribution in [1.29, 1.82) is 0 Å². The molecule has 0 unspecified atom stereocenters. The fourth-order valence-corrected chi connectivity index (χ4v) is 1.81. The minimum atomic E-state index is 0.519. The maximum Gasteiger partial charge on any atom is 0.178 e. The van der Waals surface area contributed by atoms with Gasteiger partial charge in [-0.25, -0.2) is 0 Å². The Bertz CT molecular complexity index is 197. The van der Waals surface area contributed by atoms with Crippen LogP contribution in [-0.2, 0) is 0 Å². The van der Waals surface area contributed by atoms with E-state index in [0.717, 1.165) is 8.02 Å². The zero-order valence-electron chi connectivity index (χ0n) is 5.26. The smallest absolute Gasteiger partial charge is 0.142 e. The van der Waals surface area contributed by atoms with Gasteiger partial charge in [0.25, 0.3) is 0 Å². The first kappa shape index (κ1) is 7.40. The van der Waals surface area contributed by atoms with Gasteiger partial charge < -0.3 is 0 Å². The van der Waals surface area contributed by atoms with Crippen LogP contribution in [0, 0.1) is 3.01 Å². The Labute approximate surface area is 71.8 Å². The summed E-state index contributed by atoms with van der Waals surface area (Å²) >= 11 is 3.84. The van der Waals surface area contributed by atoms with Crippen molar-refractivity contribution in [2.45, 2.75) is 19.8 Å². The summed E-state index contributed by atoms with van der Waals surface area (Å²) in [7, 11) is 0. The minimum Gasteiger partial charge on any atom is -0.142 e. The van der Waals surface area contributed by atoms with E-state index in [1.165, 1.54) is 0 Å². The summed E-state index contributed by atoms with van der Waals surface area (Å²) in [5.74, 6) is 0.519. The van der Waals surface area contributed by atoms with Gasteiger partial charge in [0.2, 0.25) is 0 Å². The number of aromatic nitrogens is 2. The minimum absolute atomic E-state index is 0.519. The monoisotopic (exact) mass is 254 g/mol. The van der Waals surface area contributed by atoms with Gasteiger partial charge in [-0.3, -0.25) is 0 Å². The Morgan fingerprint density at radius 1 is 1.44 bits per heavy atom. The third-order valence-electron chi connectivity index (χ3n) is 0.910. The summed E-state index contributed by atoms with van der Waals surface area (Å²) in [5, 5.41) is 8.99. The molecule has 2 nitrogen and oxygen atoms in total. The van der Waals surface area contributed by atoms with Crippen LogP contribution in [0.5, 0.6) is 0 Å². The van der Waals surface area contributed by atoms with E-state index in [-0.39, 0.29) is 0 Å². The predicted octanol–water partition coefficient (Wildman–Crippen LogP) is 2.27. The van der Waals surface area contributed by atoms with E-state index in [1.54, 1.807) is 11.3 Å². The van der Waals surface area contributed by atoms with Crippen LogP contribution < -0.4 is 0 Å². The Hall–Kier alpha value is 0.290. The fourth-order valence-electron chi connectivity index (χ4n) is 0.449. The largest absolute Gasteiger partial charge is 0.178 e. The lowest BCUT2D eigenvalue weighted by molar-refractivity contribution is 0.823. The molecule has 1 rings (SSSR count). The van der Waals surface area contributed by atoms with E-state index < -0.39 is 0 Å². The Morgan fingerprint density at radius 3 is 2.33 bits per heavy atom. The van der Waals surface area contributed by atoms with E-state index in [4.69, 9.17) is 0 Å². The molecule has 0 saturated heterocycles. The van der Waals surface area contributed by atoms with Crippen LogP contribution in [0.15, 0.2) is 0 Å². The average Bonchev–Trinajstić information content (AvgIpc) is 2.14. The quantitative estimate of drug-likeness (QED) is 0.718. The van der Waals surface area contributed by atoms with Gasteiger partial charge in [0.1, 0.15) is 5.01 Å². The van der Waals surface area contributed by atoms with Crippen molar-refractivity contribution in [3.63, 3.8) is 0 Å². The molecular formula is C5H7IN2S. The van der Waals surface area contributed by atoms with Crippen molar-refractivity contribution in [1.82, 2.24) is 10.2 Å². The van der Waals surface area contributed by atoms with Gasteiger partial charge in [-0.2, -0.15) is 0 Å². The van der Waals surface area contributed by atoms with Crippen LogP contribution in [0.2, 0.25) is 0 Å². The van der Waals surface area contributed by atoms with Gasteiger partial charge in [0, 0.05) is 5.92 Å². The van der Waals surface area contributed by atoms with Crippen molar-refractivity contribution in [2.75, 3.05) is 0 Å². The zero-order valence-corrected chi connectivity index (χ0v) is 8.23. The highest BCUT2D eigenvalue weighted by atomic mass is 127. The molecule has 0 spiro atoms. The van der Waals surface area contributed by atoms with Crippen LogP contribution >= 0.6 is 33.9 Å². The number of hydrogen-bond acceptors (Lipinski definition) is 3. The number of halogens is 1. The molecule has 0 aromatic carbocycles. The summed E-state index contributed by atoms with van der Waals surface area (Å²) in [6.07, 6.45) is 0. The van der Waals surface area contributed by atoms with Crippen LogP contribution in [0.3, 0.4) is 0 Å². The molecule has 0 fully saturated rings.